The lowest BCUT2D eigenvalue weighted by Crippen LogP contribution is -2.21. The van der Waals surface area contributed by atoms with E-state index in [1.165, 1.54) is 69.8 Å². The van der Waals surface area contributed by atoms with Crippen LogP contribution in [0.25, 0.3) is 5.57 Å². The third-order valence-electron chi connectivity index (χ3n) is 5.60. The highest BCUT2D eigenvalue weighted by atomic mass is 15.5. The van der Waals surface area contributed by atoms with Gasteiger partial charge in [0, 0.05) is 12.6 Å². The lowest BCUT2D eigenvalue weighted by Gasteiger charge is -2.34. The van der Waals surface area contributed by atoms with Gasteiger partial charge in [-0.25, -0.2) is 4.68 Å². The summed E-state index contributed by atoms with van der Waals surface area (Å²) < 4.78 is 1.83. The second kappa shape index (κ2) is 7.89. The van der Waals surface area contributed by atoms with Crippen LogP contribution in [0.2, 0.25) is 0 Å². The van der Waals surface area contributed by atoms with E-state index in [-0.39, 0.29) is 0 Å². The average molecular weight is 314 g/mol. The van der Waals surface area contributed by atoms with E-state index in [0.29, 0.717) is 0 Å². The molecule has 1 aromatic heterocycles. The molecular formula is C19H30N4. The maximum Gasteiger partial charge on any atom is 0.181 e. The highest BCUT2D eigenvalue weighted by molar-refractivity contribution is 5.73. The Bertz CT molecular complexity index is 538. The van der Waals surface area contributed by atoms with Crippen molar-refractivity contribution in [1.82, 2.24) is 20.2 Å². The van der Waals surface area contributed by atoms with Crippen molar-refractivity contribution in [3.63, 3.8) is 0 Å². The van der Waals surface area contributed by atoms with Crippen LogP contribution in [0.5, 0.6) is 0 Å². The molecule has 0 saturated heterocycles. The molecule has 0 N–H and O–H groups in total. The van der Waals surface area contributed by atoms with Gasteiger partial charge in [0.1, 0.15) is 0 Å². The number of aromatic nitrogens is 4. The maximum absolute atomic E-state index is 4.34. The Labute approximate surface area is 140 Å². The van der Waals surface area contributed by atoms with Crippen molar-refractivity contribution >= 4 is 5.57 Å². The van der Waals surface area contributed by atoms with Crippen LogP contribution >= 0.6 is 0 Å². The van der Waals surface area contributed by atoms with E-state index in [4.69, 9.17) is 0 Å². The first kappa shape index (κ1) is 16.4. The van der Waals surface area contributed by atoms with Gasteiger partial charge in [0.25, 0.3) is 0 Å². The summed E-state index contributed by atoms with van der Waals surface area (Å²) in [5.41, 5.74) is 2.97. The molecule has 0 aliphatic heterocycles. The fraction of sp³-hybridized carbons (Fsp3) is 0.737. The molecule has 0 radical (unpaired) electrons. The zero-order valence-electron chi connectivity index (χ0n) is 14.7. The van der Waals surface area contributed by atoms with Crippen molar-refractivity contribution in [3.8, 4) is 0 Å². The first-order chi connectivity index (χ1) is 11.3. The summed E-state index contributed by atoms with van der Waals surface area (Å²) in [4.78, 5) is 0. The summed E-state index contributed by atoms with van der Waals surface area (Å²) >= 11 is 0. The van der Waals surface area contributed by atoms with Crippen molar-refractivity contribution in [3.05, 3.63) is 23.5 Å². The van der Waals surface area contributed by atoms with Crippen molar-refractivity contribution in [2.75, 3.05) is 0 Å². The van der Waals surface area contributed by atoms with Crippen LogP contribution in [0, 0.1) is 11.8 Å². The van der Waals surface area contributed by atoms with Crippen molar-refractivity contribution in [2.45, 2.75) is 71.1 Å². The summed E-state index contributed by atoms with van der Waals surface area (Å²) in [6.45, 7) is 2.10. The van der Waals surface area contributed by atoms with Gasteiger partial charge in [0.15, 0.2) is 5.82 Å². The summed E-state index contributed by atoms with van der Waals surface area (Å²) in [7, 11) is 1.96. The van der Waals surface area contributed by atoms with Crippen LogP contribution in [0.1, 0.15) is 77.0 Å². The molecule has 0 aromatic carbocycles. The minimum atomic E-state index is 0.731. The molecule has 2 aliphatic carbocycles. The Kier molecular flexibility index (Phi) is 5.63. The van der Waals surface area contributed by atoms with Crippen LogP contribution in [0.15, 0.2) is 17.7 Å². The van der Waals surface area contributed by atoms with E-state index >= 15 is 0 Å². The van der Waals surface area contributed by atoms with Gasteiger partial charge in [-0.1, -0.05) is 56.3 Å². The number of tetrazole rings is 1. The molecule has 3 rings (SSSR count). The van der Waals surface area contributed by atoms with Gasteiger partial charge in [0.2, 0.25) is 0 Å². The third-order valence-corrected chi connectivity index (χ3v) is 5.60. The van der Waals surface area contributed by atoms with Crippen LogP contribution in [-0.2, 0) is 7.05 Å². The van der Waals surface area contributed by atoms with Gasteiger partial charge in [-0.05, 0) is 54.9 Å². The van der Waals surface area contributed by atoms with Crippen LogP contribution in [-0.4, -0.2) is 20.2 Å². The van der Waals surface area contributed by atoms with Gasteiger partial charge in [0.05, 0.1) is 0 Å². The maximum atomic E-state index is 4.34. The van der Waals surface area contributed by atoms with Gasteiger partial charge in [-0.15, -0.1) is 5.10 Å². The molecule has 2 aliphatic rings. The predicted octanol–water partition coefficient (Wildman–Crippen LogP) is 4.70. The van der Waals surface area contributed by atoms with Crippen molar-refractivity contribution < 1.29 is 0 Å². The smallest absolute Gasteiger partial charge is 0.181 e. The lowest BCUT2D eigenvalue weighted by atomic mass is 9.71. The van der Waals surface area contributed by atoms with Crippen LogP contribution in [0.4, 0.5) is 0 Å². The molecule has 4 nitrogen and oxygen atoms in total. The SMILES string of the molecule is C/C=C/C(=C(C1CCCCC1)C1CCCCC1)c1nnnn1C. The van der Waals surface area contributed by atoms with E-state index < -0.39 is 0 Å². The van der Waals surface area contributed by atoms with Crippen LogP contribution < -0.4 is 0 Å². The van der Waals surface area contributed by atoms with E-state index in [1.807, 2.05) is 11.7 Å². The summed E-state index contributed by atoms with van der Waals surface area (Å²) in [5.74, 6) is 2.40. The summed E-state index contributed by atoms with van der Waals surface area (Å²) in [6, 6.07) is 0. The predicted molar refractivity (Wildman–Crippen MR) is 93.7 cm³/mol. The molecule has 0 atom stereocenters. The molecule has 23 heavy (non-hydrogen) atoms. The van der Waals surface area contributed by atoms with Gasteiger partial charge in [-0.3, -0.25) is 0 Å². The number of rotatable bonds is 4. The summed E-state index contributed by atoms with van der Waals surface area (Å²) in [5, 5.41) is 12.3. The molecule has 126 valence electrons. The highest BCUT2D eigenvalue weighted by Crippen LogP contribution is 2.43. The van der Waals surface area contributed by atoms with E-state index in [9.17, 15) is 0 Å². The van der Waals surface area contributed by atoms with Gasteiger partial charge in [-0.2, -0.15) is 0 Å². The van der Waals surface area contributed by atoms with E-state index in [1.54, 1.807) is 5.57 Å². The third kappa shape index (κ3) is 3.73. The van der Waals surface area contributed by atoms with Crippen molar-refractivity contribution in [2.24, 2.45) is 18.9 Å². The second-order valence-corrected chi connectivity index (χ2v) is 7.16. The monoisotopic (exact) mass is 314 g/mol. The Morgan fingerprint density at radius 2 is 1.52 bits per heavy atom. The molecule has 2 fully saturated rings. The van der Waals surface area contributed by atoms with Crippen molar-refractivity contribution in [1.29, 1.82) is 0 Å². The second-order valence-electron chi connectivity index (χ2n) is 7.16. The number of aryl methyl sites for hydroxylation is 1. The zero-order chi connectivity index (χ0) is 16.1. The number of nitrogens with zero attached hydrogens (tertiary/aromatic N) is 4. The molecular weight excluding hydrogens is 284 g/mol. The lowest BCUT2D eigenvalue weighted by molar-refractivity contribution is 0.327. The zero-order valence-corrected chi connectivity index (χ0v) is 14.7. The molecule has 0 amide bonds. The van der Waals surface area contributed by atoms with E-state index in [0.717, 1.165) is 17.7 Å². The molecule has 1 heterocycles. The average Bonchev–Trinajstić information content (AvgIpc) is 3.02. The number of hydrogen-bond donors (Lipinski definition) is 0. The van der Waals surface area contributed by atoms with E-state index in [2.05, 4.69) is 34.6 Å². The Balaban J connectivity index is 2.06. The number of allylic oxidation sites excluding steroid dienone is 4. The Morgan fingerprint density at radius 3 is 1.96 bits per heavy atom. The number of hydrogen-bond acceptors (Lipinski definition) is 3. The molecule has 1 aromatic rings. The largest absolute Gasteiger partial charge is 0.229 e. The Morgan fingerprint density at radius 1 is 0.957 bits per heavy atom. The van der Waals surface area contributed by atoms with Crippen LogP contribution in [0.3, 0.4) is 0 Å². The first-order valence-electron chi connectivity index (χ1n) is 9.40. The van der Waals surface area contributed by atoms with Gasteiger partial charge < -0.3 is 0 Å². The minimum absolute atomic E-state index is 0.731. The summed E-state index contributed by atoms with van der Waals surface area (Å²) in [6.07, 6.45) is 18.1. The first-order valence-corrected chi connectivity index (χ1v) is 9.40. The topological polar surface area (TPSA) is 43.6 Å². The highest BCUT2D eigenvalue weighted by Gasteiger charge is 2.29. The molecule has 0 spiro atoms. The standard InChI is InChI=1S/C19H30N4/c1-3-10-17(19-20-21-22-23(19)2)18(15-11-6-4-7-12-15)16-13-8-5-9-14-16/h3,10,15-16H,4-9,11-14H2,1-2H3/b10-3+. The van der Waals surface area contributed by atoms with Gasteiger partial charge >= 0.3 is 0 Å². The minimum Gasteiger partial charge on any atom is -0.229 e. The molecule has 0 bridgehead atoms. The fourth-order valence-electron chi connectivity index (χ4n) is 4.52. The Hall–Kier alpha value is -1.45. The molecule has 2 saturated carbocycles. The normalized spacial score (nSPS) is 21.0. The fourth-order valence-corrected chi connectivity index (χ4v) is 4.52. The molecule has 4 heteroatoms. The molecule has 0 unspecified atom stereocenters. The quantitative estimate of drug-likeness (QED) is 0.757.